The highest BCUT2D eigenvalue weighted by Crippen LogP contribution is 2.41. The summed E-state index contributed by atoms with van der Waals surface area (Å²) in [4.78, 5) is 11.2. The van der Waals surface area contributed by atoms with Crippen molar-refractivity contribution < 1.29 is 31.5 Å². The summed E-state index contributed by atoms with van der Waals surface area (Å²) < 4.78 is 63.0. The van der Waals surface area contributed by atoms with E-state index in [1.54, 1.807) is 0 Å². The number of hydrogen-bond donors (Lipinski definition) is 2. The van der Waals surface area contributed by atoms with Crippen molar-refractivity contribution in [2.75, 3.05) is 6.54 Å². The molecule has 2 N–H and O–H groups in total. The van der Waals surface area contributed by atoms with Crippen molar-refractivity contribution in [2.24, 2.45) is 5.92 Å². The quantitative estimate of drug-likeness (QED) is 0.808. The van der Waals surface area contributed by atoms with Crippen LogP contribution in [0.15, 0.2) is 0 Å². The molecule has 2 fully saturated rings. The molecular formula is C11H17F3N2O4S. The second kappa shape index (κ2) is 5.73. The Morgan fingerprint density at radius 2 is 1.90 bits per heavy atom. The number of rotatable bonds is 4. The predicted molar refractivity (Wildman–Crippen MR) is 66.6 cm³/mol. The average molecular weight is 330 g/mol. The molecule has 0 aromatic carbocycles. The Bertz CT molecular complexity index is 508. The summed E-state index contributed by atoms with van der Waals surface area (Å²) in [5, 5.41) is 9.17. The Kier molecular flexibility index (Phi) is 4.50. The lowest BCUT2D eigenvalue weighted by molar-refractivity contribution is -0.141. The Hall–Kier alpha value is -0.870. The van der Waals surface area contributed by atoms with Crippen LogP contribution >= 0.6 is 0 Å². The van der Waals surface area contributed by atoms with Gasteiger partial charge in [0, 0.05) is 6.04 Å². The minimum Gasteiger partial charge on any atom is -0.480 e. The second-order valence-electron chi connectivity index (χ2n) is 5.47. The summed E-state index contributed by atoms with van der Waals surface area (Å²) in [5.74, 6) is -1.41. The number of fused-ring (bicyclic) bond motifs is 1. The summed E-state index contributed by atoms with van der Waals surface area (Å²) in [7, 11) is -4.48. The zero-order valence-corrected chi connectivity index (χ0v) is 12.0. The van der Waals surface area contributed by atoms with E-state index in [0.29, 0.717) is 12.8 Å². The van der Waals surface area contributed by atoms with Crippen LogP contribution in [0.5, 0.6) is 0 Å². The number of carboxylic acid groups (broad SMARTS) is 1. The van der Waals surface area contributed by atoms with Crippen LogP contribution in [0.25, 0.3) is 0 Å². The summed E-state index contributed by atoms with van der Waals surface area (Å²) in [5.41, 5.74) is 0. The average Bonchev–Trinajstić information content (AvgIpc) is 2.76. The summed E-state index contributed by atoms with van der Waals surface area (Å²) in [6, 6.07) is -1.81. The van der Waals surface area contributed by atoms with Gasteiger partial charge in [0.2, 0.25) is 0 Å². The molecule has 0 radical (unpaired) electrons. The highest BCUT2D eigenvalue weighted by molar-refractivity contribution is 7.87. The highest BCUT2D eigenvalue weighted by Gasteiger charge is 2.51. The molecule has 1 saturated heterocycles. The van der Waals surface area contributed by atoms with Gasteiger partial charge in [-0.05, 0) is 25.2 Å². The van der Waals surface area contributed by atoms with E-state index in [4.69, 9.17) is 5.11 Å². The molecule has 1 saturated carbocycles. The van der Waals surface area contributed by atoms with E-state index in [9.17, 15) is 26.4 Å². The van der Waals surface area contributed by atoms with Gasteiger partial charge in [-0.2, -0.15) is 30.6 Å². The van der Waals surface area contributed by atoms with Crippen molar-refractivity contribution in [2.45, 2.75) is 50.4 Å². The first kappa shape index (κ1) is 16.5. The molecule has 0 aromatic rings. The zero-order chi connectivity index (χ0) is 15.8. The van der Waals surface area contributed by atoms with Crippen LogP contribution in [-0.4, -0.2) is 48.6 Å². The third-order valence-electron chi connectivity index (χ3n) is 4.05. The Balaban J connectivity index is 2.22. The molecule has 2 aliphatic rings. The number of carbonyl (C=O) groups is 1. The minimum absolute atomic E-state index is 0.0951. The van der Waals surface area contributed by atoms with Crippen LogP contribution in [-0.2, 0) is 15.0 Å². The van der Waals surface area contributed by atoms with Crippen molar-refractivity contribution in [3.8, 4) is 0 Å². The van der Waals surface area contributed by atoms with Crippen LogP contribution in [0, 0.1) is 5.92 Å². The molecule has 10 heteroatoms. The van der Waals surface area contributed by atoms with Crippen LogP contribution in [0.4, 0.5) is 13.2 Å². The molecule has 0 amide bonds. The standard InChI is InChI=1S/C11H17F3N2O4S/c12-11(13,14)6-15-21(19,20)16-8-4-2-1-3-7(8)5-9(16)10(17)18/h7-9,15H,1-6H2,(H,17,18). The van der Waals surface area contributed by atoms with Gasteiger partial charge in [0.25, 0.3) is 10.2 Å². The summed E-state index contributed by atoms with van der Waals surface area (Å²) >= 11 is 0. The van der Waals surface area contributed by atoms with Crippen LogP contribution in [0.3, 0.4) is 0 Å². The molecule has 0 aromatic heterocycles. The van der Waals surface area contributed by atoms with Gasteiger partial charge in [0.15, 0.2) is 0 Å². The molecule has 0 spiro atoms. The van der Waals surface area contributed by atoms with Crippen molar-refractivity contribution in [3.05, 3.63) is 0 Å². The first-order chi connectivity index (χ1) is 9.62. The van der Waals surface area contributed by atoms with Gasteiger partial charge >= 0.3 is 12.1 Å². The maximum atomic E-state index is 12.2. The van der Waals surface area contributed by atoms with Crippen molar-refractivity contribution in [1.29, 1.82) is 0 Å². The van der Waals surface area contributed by atoms with Gasteiger partial charge < -0.3 is 5.11 Å². The van der Waals surface area contributed by atoms with E-state index in [2.05, 4.69) is 0 Å². The zero-order valence-electron chi connectivity index (χ0n) is 11.1. The number of carboxylic acids is 1. The molecule has 21 heavy (non-hydrogen) atoms. The monoisotopic (exact) mass is 330 g/mol. The molecule has 1 aliphatic heterocycles. The molecule has 1 heterocycles. The van der Waals surface area contributed by atoms with E-state index in [-0.39, 0.29) is 12.3 Å². The Labute approximate surface area is 120 Å². The van der Waals surface area contributed by atoms with Gasteiger partial charge in [-0.15, -0.1) is 0 Å². The molecule has 6 nitrogen and oxygen atoms in total. The number of nitrogens with one attached hydrogen (secondary N) is 1. The lowest BCUT2D eigenvalue weighted by atomic mass is 9.85. The van der Waals surface area contributed by atoms with E-state index < -0.39 is 41.0 Å². The van der Waals surface area contributed by atoms with Crippen molar-refractivity contribution >= 4 is 16.2 Å². The number of hydrogen-bond acceptors (Lipinski definition) is 3. The topological polar surface area (TPSA) is 86.7 Å². The fraction of sp³-hybridized carbons (Fsp3) is 0.909. The van der Waals surface area contributed by atoms with E-state index in [0.717, 1.165) is 17.1 Å². The van der Waals surface area contributed by atoms with Crippen LogP contribution < -0.4 is 4.72 Å². The van der Waals surface area contributed by atoms with Gasteiger partial charge in [0.1, 0.15) is 12.6 Å². The lowest BCUT2D eigenvalue weighted by Gasteiger charge is -2.32. The predicted octanol–water partition coefficient (Wildman–Crippen LogP) is 1.10. The molecule has 122 valence electrons. The number of halogens is 3. The largest absolute Gasteiger partial charge is 0.480 e. The molecule has 1 aliphatic carbocycles. The van der Waals surface area contributed by atoms with E-state index >= 15 is 0 Å². The molecule has 3 unspecified atom stereocenters. The molecule has 3 atom stereocenters. The van der Waals surface area contributed by atoms with E-state index in [1.165, 1.54) is 4.72 Å². The molecular weight excluding hydrogens is 313 g/mol. The highest BCUT2D eigenvalue weighted by atomic mass is 32.2. The van der Waals surface area contributed by atoms with E-state index in [1.807, 2.05) is 0 Å². The first-order valence-electron chi connectivity index (χ1n) is 6.69. The van der Waals surface area contributed by atoms with Crippen LogP contribution in [0.1, 0.15) is 32.1 Å². The fourth-order valence-corrected chi connectivity index (χ4v) is 4.86. The Morgan fingerprint density at radius 3 is 2.48 bits per heavy atom. The lowest BCUT2D eigenvalue weighted by Crippen LogP contribution is -2.52. The Morgan fingerprint density at radius 1 is 1.29 bits per heavy atom. The third kappa shape index (κ3) is 3.67. The van der Waals surface area contributed by atoms with Gasteiger partial charge in [-0.25, -0.2) is 0 Å². The smallest absolute Gasteiger partial charge is 0.402 e. The van der Waals surface area contributed by atoms with Crippen molar-refractivity contribution in [3.63, 3.8) is 0 Å². The number of aliphatic carboxylic acids is 1. The van der Waals surface area contributed by atoms with Gasteiger partial charge in [-0.1, -0.05) is 12.8 Å². The van der Waals surface area contributed by atoms with Gasteiger partial charge in [-0.3, -0.25) is 4.79 Å². The maximum absolute atomic E-state index is 12.2. The minimum atomic E-state index is -4.68. The SMILES string of the molecule is O=C(O)C1CC2CCCCC2N1S(=O)(=O)NCC(F)(F)F. The number of nitrogens with zero attached hydrogens (tertiary/aromatic N) is 1. The first-order valence-corrected chi connectivity index (χ1v) is 8.13. The third-order valence-corrected chi connectivity index (χ3v) is 5.64. The van der Waals surface area contributed by atoms with Crippen molar-refractivity contribution in [1.82, 2.24) is 9.03 Å². The second-order valence-corrected chi connectivity index (χ2v) is 7.13. The maximum Gasteiger partial charge on any atom is 0.402 e. The van der Waals surface area contributed by atoms with Gasteiger partial charge in [0.05, 0.1) is 0 Å². The summed E-state index contributed by atoms with van der Waals surface area (Å²) in [6.07, 6.45) is -1.69. The van der Waals surface area contributed by atoms with Crippen LogP contribution in [0.2, 0.25) is 0 Å². The summed E-state index contributed by atoms with van der Waals surface area (Å²) in [6.45, 7) is -1.70. The molecule has 0 bridgehead atoms. The normalized spacial score (nSPS) is 31.1. The fourth-order valence-electron chi connectivity index (χ4n) is 3.22. The molecule has 2 rings (SSSR count). The number of alkyl halides is 3.